The number of rotatable bonds is 7. The number of benzene rings is 2. The second-order valence-corrected chi connectivity index (χ2v) is 9.23. The minimum Gasteiger partial charge on any atom is -0.333 e. The topological polar surface area (TPSA) is 76.2 Å². The van der Waals surface area contributed by atoms with Gasteiger partial charge < -0.3 is 15.1 Å². The Kier molecular flexibility index (Phi) is 7.83. The number of amides is 4. The number of hydrogen-bond acceptors (Lipinski definition) is 4. The molecule has 0 bridgehead atoms. The van der Waals surface area contributed by atoms with Gasteiger partial charge in [-0.3, -0.25) is 9.59 Å². The van der Waals surface area contributed by atoms with E-state index in [1.807, 2.05) is 6.92 Å². The van der Waals surface area contributed by atoms with Crippen LogP contribution in [0.5, 0.6) is 0 Å². The molecule has 0 spiro atoms. The molecule has 1 N–H and O–H groups in total. The summed E-state index contributed by atoms with van der Waals surface area (Å²) >= 11 is 0. The molecule has 2 aromatic carbocycles. The van der Waals surface area contributed by atoms with Crippen LogP contribution in [-0.4, -0.2) is 70.0 Å². The Morgan fingerprint density at radius 3 is 2.22 bits per heavy atom. The predicted molar refractivity (Wildman–Crippen MR) is 129 cm³/mol. The summed E-state index contributed by atoms with van der Waals surface area (Å²) in [7, 11) is 1.66. The molecule has 0 saturated carbocycles. The summed E-state index contributed by atoms with van der Waals surface area (Å²) in [6.45, 7) is 2.53. The largest absolute Gasteiger partial charge is 0.334 e. The lowest BCUT2D eigenvalue weighted by atomic mass is 10.0. The number of hydrazine groups is 1. The number of carbonyl (C=O) groups is 3. The average molecular weight is 500 g/mol. The van der Waals surface area contributed by atoms with Gasteiger partial charge >= 0.3 is 6.03 Å². The molecule has 10 heteroatoms. The highest BCUT2D eigenvalue weighted by atomic mass is 19.1. The average Bonchev–Trinajstić information content (AvgIpc) is 2.85. The van der Waals surface area contributed by atoms with E-state index in [1.54, 1.807) is 46.1 Å². The van der Waals surface area contributed by atoms with E-state index in [9.17, 15) is 23.2 Å². The Morgan fingerprint density at radius 1 is 1.00 bits per heavy atom. The molecular formula is C26H31F2N5O3. The van der Waals surface area contributed by atoms with Crippen molar-refractivity contribution in [3.8, 4) is 0 Å². The van der Waals surface area contributed by atoms with Crippen LogP contribution < -0.4 is 5.32 Å². The maximum atomic E-state index is 13.5. The number of likely N-dealkylation sites (N-methyl/N-ethyl adjacent to an activating group) is 1. The molecule has 36 heavy (non-hydrogen) atoms. The van der Waals surface area contributed by atoms with Crippen molar-refractivity contribution in [2.45, 2.75) is 51.5 Å². The molecule has 2 fully saturated rings. The van der Waals surface area contributed by atoms with Crippen molar-refractivity contribution >= 4 is 17.8 Å². The van der Waals surface area contributed by atoms with Crippen LogP contribution in [0.3, 0.4) is 0 Å². The zero-order chi connectivity index (χ0) is 25.8. The highest BCUT2D eigenvalue weighted by Gasteiger charge is 2.50. The lowest BCUT2D eigenvalue weighted by Gasteiger charge is -2.54. The molecule has 2 saturated heterocycles. The number of fused-ring (bicyclic) bond motifs is 1. The summed E-state index contributed by atoms with van der Waals surface area (Å²) in [4.78, 5) is 43.1. The molecule has 2 aromatic rings. The Balaban J connectivity index is 1.58. The molecule has 4 amide bonds. The third-order valence-electron chi connectivity index (χ3n) is 6.62. The monoisotopic (exact) mass is 499 g/mol. The lowest BCUT2D eigenvalue weighted by molar-refractivity contribution is -0.188. The van der Waals surface area contributed by atoms with Crippen molar-refractivity contribution in [1.29, 1.82) is 0 Å². The quantitative estimate of drug-likeness (QED) is 0.635. The van der Waals surface area contributed by atoms with Crippen molar-refractivity contribution < 1.29 is 23.2 Å². The number of piperazine rings is 1. The first-order chi connectivity index (χ1) is 17.3. The molecule has 0 radical (unpaired) electrons. The van der Waals surface area contributed by atoms with Crippen LogP contribution in [0.4, 0.5) is 13.6 Å². The van der Waals surface area contributed by atoms with Gasteiger partial charge in [-0.25, -0.2) is 23.6 Å². The van der Waals surface area contributed by atoms with Crippen LogP contribution in [0.2, 0.25) is 0 Å². The number of carbonyl (C=O) groups excluding carboxylic acids is 3. The maximum absolute atomic E-state index is 13.5. The molecule has 2 aliphatic rings. The molecule has 0 aromatic heterocycles. The smallest absolute Gasteiger partial charge is 0.333 e. The van der Waals surface area contributed by atoms with Gasteiger partial charge in [-0.2, -0.15) is 0 Å². The summed E-state index contributed by atoms with van der Waals surface area (Å²) in [5.41, 5.74) is 1.49. The molecule has 4 rings (SSSR count). The zero-order valence-electron chi connectivity index (χ0n) is 20.5. The van der Waals surface area contributed by atoms with E-state index in [-0.39, 0.29) is 49.6 Å². The summed E-state index contributed by atoms with van der Waals surface area (Å²) in [6.07, 6.45) is 1.41. The fourth-order valence-corrected chi connectivity index (χ4v) is 4.79. The summed E-state index contributed by atoms with van der Waals surface area (Å²) in [5, 5.41) is 5.89. The Labute approximate surface area is 209 Å². The first-order valence-electron chi connectivity index (χ1n) is 12.2. The van der Waals surface area contributed by atoms with Crippen LogP contribution in [0.25, 0.3) is 0 Å². The Hall–Kier alpha value is -3.53. The minimum absolute atomic E-state index is 0.0334. The zero-order valence-corrected chi connectivity index (χ0v) is 20.5. The van der Waals surface area contributed by atoms with Crippen LogP contribution in [0, 0.1) is 11.6 Å². The highest BCUT2D eigenvalue weighted by molar-refractivity contribution is 5.91. The van der Waals surface area contributed by atoms with Gasteiger partial charge in [0.2, 0.25) is 11.8 Å². The number of halogens is 2. The predicted octanol–water partition coefficient (Wildman–Crippen LogP) is 3.09. The van der Waals surface area contributed by atoms with Gasteiger partial charge in [0.05, 0.1) is 13.1 Å². The van der Waals surface area contributed by atoms with Gasteiger partial charge in [0.1, 0.15) is 23.8 Å². The summed E-state index contributed by atoms with van der Waals surface area (Å²) < 4.78 is 26.6. The second kappa shape index (κ2) is 11.0. The number of urea groups is 1. The molecule has 2 aliphatic heterocycles. The van der Waals surface area contributed by atoms with E-state index < -0.39 is 18.2 Å². The fraction of sp³-hybridized carbons (Fsp3) is 0.423. The lowest BCUT2D eigenvalue weighted by Crippen LogP contribution is -2.75. The fourth-order valence-electron chi connectivity index (χ4n) is 4.79. The van der Waals surface area contributed by atoms with Gasteiger partial charge in [-0.05, 0) is 41.8 Å². The standard InChI is InChI=1S/C26H31F2N5O3/c1-3-4-5-22-25(35)31(15-19-8-12-21(28)13-9-19)16-23-32(22)24(34)17-30(2)33(23)26(36)29-14-18-6-10-20(27)11-7-18/h6-13,22-23H,3-5,14-17H2,1-2H3,(H,29,36)/t22-,23-/m0/s1. The Bertz CT molecular complexity index is 1100. The summed E-state index contributed by atoms with van der Waals surface area (Å²) in [5.74, 6) is -1.10. The number of nitrogens with one attached hydrogen (secondary N) is 1. The van der Waals surface area contributed by atoms with Crippen molar-refractivity contribution in [3.05, 3.63) is 71.3 Å². The van der Waals surface area contributed by atoms with Gasteiger partial charge in [0, 0.05) is 20.1 Å². The van der Waals surface area contributed by atoms with Crippen LogP contribution >= 0.6 is 0 Å². The first kappa shape index (κ1) is 25.6. The van der Waals surface area contributed by atoms with Gasteiger partial charge in [0.25, 0.3) is 0 Å². The second-order valence-electron chi connectivity index (χ2n) is 9.23. The normalized spacial score (nSPS) is 20.5. The maximum Gasteiger partial charge on any atom is 0.334 e. The van der Waals surface area contributed by atoms with Gasteiger partial charge in [-0.15, -0.1) is 0 Å². The van der Waals surface area contributed by atoms with E-state index in [1.165, 1.54) is 29.3 Å². The summed E-state index contributed by atoms with van der Waals surface area (Å²) in [6, 6.07) is 10.7. The number of hydrogen-bond donors (Lipinski definition) is 1. The van der Waals surface area contributed by atoms with Crippen LogP contribution in [-0.2, 0) is 22.7 Å². The van der Waals surface area contributed by atoms with Crippen molar-refractivity contribution in [2.24, 2.45) is 0 Å². The third-order valence-corrected chi connectivity index (χ3v) is 6.62. The SMILES string of the molecule is CCCC[C@H]1C(=O)N(Cc2ccc(F)cc2)C[C@H]2N1C(=O)CN(C)N2C(=O)NCc1ccc(F)cc1. The van der Waals surface area contributed by atoms with Crippen molar-refractivity contribution in [2.75, 3.05) is 20.1 Å². The van der Waals surface area contributed by atoms with E-state index in [0.717, 1.165) is 24.0 Å². The highest BCUT2D eigenvalue weighted by Crippen LogP contribution is 2.29. The van der Waals surface area contributed by atoms with E-state index >= 15 is 0 Å². The minimum atomic E-state index is -0.690. The molecular weight excluding hydrogens is 468 g/mol. The first-order valence-corrected chi connectivity index (χ1v) is 12.2. The van der Waals surface area contributed by atoms with E-state index in [0.29, 0.717) is 6.42 Å². The van der Waals surface area contributed by atoms with Gasteiger partial charge in [-0.1, -0.05) is 44.0 Å². The number of nitrogens with zero attached hydrogens (tertiary/aromatic N) is 4. The molecule has 192 valence electrons. The van der Waals surface area contributed by atoms with Crippen molar-refractivity contribution in [3.63, 3.8) is 0 Å². The third kappa shape index (κ3) is 5.48. The number of unbranched alkanes of at least 4 members (excludes halogenated alkanes) is 1. The van der Waals surface area contributed by atoms with Gasteiger partial charge in [0.15, 0.2) is 0 Å². The molecule has 0 unspecified atom stereocenters. The van der Waals surface area contributed by atoms with Crippen LogP contribution in [0.1, 0.15) is 37.3 Å². The molecule has 0 aliphatic carbocycles. The molecule has 2 atom stereocenters. The van der Waals surface area contributed by atoms with Crippen molar-refractivity contribution in [1.82, 2.24) is 25.1 Å². The molecule has 2 heterocycles. The molecule has 8 nitrogen and oxygen atoms in total. The van der Waals surface area contributed by atoms with E-state index in [4.69, 9.17) is 0 Å². The van der Waals surface area contributed by atoms with E-state index in [2.05, 4.69) is 5.32 Å². The Morgan fingerprint density at radius 2 is 1.61 bits per heavy atom. The van der Waals surface area contributed by atoms with Crippen LogP contribution in [0.15, 0.2) is 48.5 Å².